The van der Waals surface area contributed by atoms with E-state index in [0.717, 1.165) is 29.8 Å². The van der Waals surface area contributed by atoms with Crippen molar-refractivity contribution in [3.05, 3.63) is 64.5 Å². The lowest BCUT2D eigenvalue weighted by Gasteiger charge is -2.17. The largest absolute Gasteiger partial charge is 0.434 e. The quantitative estimate of drug-likeness (QED) is 0.906. The molecule has 0 saturated heterocycles. The first-order chi connectivity index (χ1) is 11.4. The standard InChI is InChI=1S/C17H15F3N2O2/c18-17(19,20)15-12(2-1-7-21-15)16(24)22-14-6-5-11-4-3-10(9-23)8-13(11)14/h1-4,7-8,14,23H,5-6,9H2,(H,22,24). The molecule has 3 rings (SSSR count). The number of aromatic nitrogens is 1. The van der Waals surface area contributed by atoms with Gasteiger partial charge in [-0.05, 0) is 41.7 Å². The summed E-state index contributed by atoms with van der Waals surface area (Å²) < 4.78 is 39.0. The molecule has 2 N–H and O–H groups in total. The molecule has 7 heteroatoms. The molecule has 4 nitrogen and oxygen atoms in total. The summed E-state index contributed by atoms with van der Waals surface area (Å²) >= 11 is 0. The van der Waals surface area contributed by atoms with Crippen LogP contribution < -0.4 is 5.32 Å². The van der Waals surface area contributed by atoms with Gasteiger partial charge in [0, 0.05) is 6.20 Å². The number of aryl methyl sites for hydroxylation is 1. The average molecular weight is 336 g/mol. The second-order valence-electron chi connectivity index (χ2n) is 5.65. The fourth-order valence-electron chi connectivity index (χ4n) is 2.95. The van der Waals surface area contributed by atoms with E-state index in [1.165, 1.54) is 6.07 Å². The van der Waals surface area contributed by atoms with Gasteiger partial charge in [-0.3, -0.25) is 9.78 Å². The van der Waals surface area contributed by atoms with Crippen LogP contribution in [0.3, 0.4) is 0 Å². The van der Waals surface area contributed by atoms with E-state index in [0.29, 0.717) is 12.0 Å². The van der Waals surface area contributed by atoms with Crippen LogP contribution in [0.15, 0.2) is 36.5 Å². The van der Waals surface area contributed by atoms with Crippen molar-refractivity contribution >= 4 is 5.91 Å². The van der Waals surface area contributed by atoms with E-state index >= 15 is 0 Å². The number of aliphatic hydroxyl groups excluding tert-OH is 1. The molecule has 1 unspecified atom stereocenters. The number of halogens is 3. The number of amides is 1. The number of benzene rings is 1. The number of nitrogens with zero attached hydrogens (tertiary/aromatic N) is 1. The summed E-state index contributed by atoms with van der Waals surface area (Å²) in [5.74, 6) is -0.803. The monoisotopic (exact) mass is 336 g/mol. The molecule has 126 valence electrons. The zero-order chi connectivity index (χ0) is 17.3. The predicted molar refractivity (Wildman–Crippen MR) is 80.1 cm³/mol. The Kier molecular flexibility index (Phi) is 4.28. The van der Waals surface area contributed by atoms with Gasteiger partial charge < -0.3 is 10.4 Å². The number of nitrogens with one attached hydrogen (secondary N) is 1. The van der Waals surface area contributed by atoms with Gasteiger partial charge in [-0.2, -0.15) is 13.2 Å². The Bertz CT molecular complexity index is 775. The van der Waals surface area contributed by atoms with Gasteiger partial charge in [0.25, 0.3) is 5.91 Å². The molecule has 0 saturated carbocycles. The number of hydrogen-bond acceptors (Lipinski definition) is 3. The maximum absolute atomic E-state index is 13.0. The van der Waals surface area contributed by atoms with Crippen LogP contribution in [-0.4, -0.2) is 16.0 Å². The van der Waals surface area contributed by atoms with Crippen molar-refractivity contribution in [3.63, 3.8) is 0 Å². The Hall–Kier alpha value is -2.41. The second-order valence-corrected chi connectivity index (χ2v) is 5.65. The molecular weight excluding hydrogens is 321 g/mol. The van der Waals surface area contributed by atoms with Crippen LogP contribution in [0.5, 0.6) is 0 Å². The molecule has 1 heterocycles. The second kappa shape index (κ2) is 6.24. The lowest BCUT2D eigenvalue weighted by molar-refractivity contribution is -0.141. The maximum atomic E-state index is 13.0. The molecule has 1 atom stereocenters. The molecule has 1 amide bonds. The maximum Gasteiger partial charge on any atom is 0.434 e. The molecular formula is C17H15F3N2O2. The smallest absolute Gasteiger partial charge is 0.392 e. The van der Waals surface area contributed by atoms with E-state index in [1.54, 1.807) is 12.1 Å². The van der Waals surface area contributed by atoms with Crippen molar-refractivity contribution in [3.8, 4) is 0 Å². The van der Waals surface area contributed by atoms with E-state index < -0.39 is 23.3 Å². The summed E-state index contributed by atoms with van der Waals surface area (Å²) in [7, 11) is 0. The first-order valence-corrected chi connectivity index (χ1v) is 7.46. The molecule has 24 heavy (non-hydrogen) atoms. The Morgan fingerprint density at radius 3 is 2.83 bits per heavy atom. The van der Waals surface area contributed by atoms with Gasteiger partial charge in [0.2, 0.25) is 0 Å². The molecule has 0 bridgehead atoms. The van der Waals surface area contributed by atoms with E-state index in [2.05, 4.69) is 10.3 Å². The minimum absolute atomic E-state index is 0.130. The van der Waals surface area contributed by atoms with Gasteiger partial charge in [-0.15, -0.1) is 0 Å². The SMILES string of the molecule is O=C(NC1CCc2ccc(CO)cc21)c1cccnc1C(F)(F)F. The summed E-state index contributed by atoms with van der Waals surface area (Å²) in [6.45, 7) is -0.130. The van der Waals surface area contributed by atoms with Crippen molar-refractivity contribution < 1.29 is 23.1 Å². The van der Waals surface area contributed by atoms with Crippen LogP contribution in [0.1, 0.15) is 45.2 Å². The topological polar surface area (TPSA) is 62.2 Å². The first-order valence-electron chi connectivity index (χ1n) is 7.46. The molecule has 1 aliphatic rings. The van der Waals surface area contributed by atoms with Crippen molar-refractivity contribution in [2.75, 3.05) is 0 Å². The van der Waals surface area contributed by atoms with E-state index in [4.69, 9.17) is 0 Å². The number of alkyl halides is 3. The fourth-order valence-corrected chi connectivity index (χ4v) is 2.95. The highest BCUT2D eigenvalue weighted by Gasteiger charge is 2.37. The van der Waals surface area contributed by atoms with Gasteiger partial charge >= 0.3 is 6.18 Å². The number of aliphatic hydroxyl groups is 1. The van der Waals surface area contributed by atoms with Gasteiger partial charge in [0.1, 0.15) is 0 Å². The molecule has 1 aliphatic carbocycles. The van der Waals surface area contributed by atoms with Crippen LogP contribution >= 0.6 is 0 Å². The number of rotatable bonds is 3. The average Bonchev–Trinajstić information content (AvgIpc) is 2.96. The Morgan fingerprint density at radius 1 is 1.33 bits per heavy atom. The Balaban J connectivity index is 1.86. The summed E-state index contributed by atoms with van der Waals surface area (Å²) in [5, 5.41) is 11.9. The third-order valence-electron chi connectivity index (χ3n) is 4.10. The minimum atomic E-state index is -4.69. The summed E-state index contributed by atoms with van der Waals surface area (Å²) in [6.07, 6.45) is -2.34. The lowest BCUT2D eigenvalue weighted by Crippen LogP contribution is -2.29. The van der Waals surface area contributed by atoms with E-state index in [-0.39, 0.29) is 12.6 Å². The van der Waals surface area contributed by atoms with Crippen molar-refractivity contribution in [1.29, 1.82) is 0 Å². The van der Waals surface area contributed by atoms with E-state index in [1.807, 2.05) is 6.07 Å². The van der Waals surface area contributed by atoms with Crippen molar-refractivity contribution in [1.82, 2.24) is 10.3 Å². The number of pyridine rings is 1. The number of fused-ring (bicyclic) bond motifs is 1. The van der Waals surface area contributed by atoms with Crippen LogP contribution in [-0.2, 0) is 19.2 Å². The highest BCUT2D eigenvalue weighted by molar-refractivity contribution is 5.95. The zero-order valence-corrected chi connectivity index (χ0v) is 12.6. The molecule has 0 fully saturated rings. The minimum Gasteiger partial charge on any atom is -0.392 e. The molecule has 0 spiro atoms. The fraction of sp³-hybridized carbons (Fsp3) is 0.294. The number of carbonyl (C=O) groups is 1. The van der Waals surface area contributed by atoms with Crippen molar-refractivity contribution in [2.24, 2.45) is 0 Å². The third kappa shape index (κ3) is 3.12. The predicted octanol–water partition coefficient (Wildman–Crippen LogP) is 3.01. The number of hydrogen-bond donors (Lipinski definition) is 2. The van der Waals surface area contributed by atoms with E-state index in [9.17, 15) is 23.1 Å². The van der Waals surface area contributed by atoms with Gasteiger partial charge in [-0.25, -0.2) is 0 Å². The Morgan fingerprint density at radius 2 is 2.12 bits per heavy atom. The molecule has 0 radical (unpaired) electrons. The molecule has 2 aromatic rings. The highest BCUT2D eigenvalue weighted by atomic mass is 19.4. The molecule has 1 aromatic heterocycles. The van der Waals surface area contributed by atoms with Crippen LogP contribution in [0, 0.1) is 0 Å². The number of carbonyl (C=O) groups excluding carboxylic acids is 1. The highest BCUT2D eigenvalue weighted by Crippen LogP contribution is 2.33. The molecule has 0 aliphatic heterocycles. The van der Waals surface area contributed by atoms with Crippen LogP contribution in [0.2, 0.25) is 0 Å². The first kappa shape index (κ1) is 16.4. The van der Waals surface area contributed by atoms with Crippen molar-refractivity contribution in [2.45, 2.75) is 31.7 Å². The van der Waals surface area contributed by atoms with Gasteiger partial charge in [-0.1, -0.05) is 18.2 Å². The third-order valence-corrected chi connectivity index (χ3v) is 4.10. The Labute approximate surface area is 136 Å². The normalized spacial score (nSPS) is 16.8. The summed E-state index contributed by atoms with van der Waals surface area (Å²) in [5.41, 5.74) is 0.890. The molecule has 1 aromatic carbocycles. The summed E-state index contributed by atoms with van der Waals surface area (Å²) in [6, 6.07) is 7.49. The van der Waals surface area contributed by atoms with Gasteiger partial charge in [0.05, 0.1) is 18.2 Å². The van der Waals surface area contributed by atoms with Crippen LogP contribution in [0.4, 0.5) is 13.2 Å². The van der Waals surface area contributed by atoms with Crippen LogP contribution in [0.25, 0.3) is 0 Å². The zero-order valence-electron chi connectivity index (χ0n) is 12.6. The lowest BCUT2D eigenvalue weighted by atomic mass is 10.0. The summed E-state index contributed by atoms with van der Waals surface area (Å²) in [4.78, 5) is 15.6. The van der Waals surface area contributed by atoms with Gasteiger partial charge in [0.15, 0.2) is 5.69 Å².